The molecule has 1 aliphatic heterocycles. The van der Waals surface area contributed by atoms with Gasteiger partial charge in [0.1, 0.15) is 0 Å². The first-order valence-electron chi connectivity index (χ1n) is 4.38. The Kier molecular flexibility index (Phi) is 2.09. The number of fused-ring (bicyclic) bond motifs is 1. The smallest absolute Gasteiger partial charge is 0.0960 e. The molecule has 1 aromatic carbocycles. The molecule has 1 aromatic rings. The summed E-state index contributed by atoms with van der Waals surface area (Å²) in [5.74, 6) is 0. The van der Waals surface area contributed by atoms with Gasteiger partial charge < -0.3 is 11.1 Å². The van der Waals surface area contributed by atoms with E-state index in [1.165, 1.54) is 0 Å². The predicted octanol–water partition coefficient (Wildman–Crippen LogP) is 2.19. The van der Waals surface area contributed by atoms with Crippen molar-refractivity contribution in [2.45, 2.75) is 0 Å². The Hall–Kier alpha value is -1.99. The standard InChI is InChI=1S/C11H11N3/c1-13-11-9(12)6-5-8-4-2-3-7-14-10(8)11/h3-7,13H,12H2,1H3. The van der Waals surface area contributed by atoms with Crippen LogP contribution in [0.3, 0.4) is 0 Å². The molecular weight excluding hydrogens is 174 g/mol. The normalized spacial score (nSPS) is 12.4. The lowest BCUT2D eigenvalue weighted by molar-refractivity contribution is 1.45. The molecule has 3 nitrogen and oxygen atoms in total. The first kappa shape index (κ1) is 8.60. The number of hydrogen-bond acceptors (Lipinski definition) is 3. The van der Waals surface area contributed by atoms with Gasteiger partial charge in [-0.05, 0) is 24.3 Å². The maximum atomic E-state index is 5.83. The summed E-state index contributed by atoms with van der Waals surface area (Å²) < 4.78 is 0. The second-order valence-electron chi connectivity index (χ2n) is 2.97. The number of nitrogens with one attached hydrogen (secondary N) is 1. The fourth-order valence-corrected chi connectivity index (χ4v) is 1.43. The molecule has 0 aliphatic carbocycles. The monoisotopic (exact) mass is 185 g/mol. The average Bonchev–Trinajstić information content (AvgIpc) is 2.42. The third-order valence-corrected chi connectivity index (χ3v) is 2.10. The lowest BCUT2D eigenvalue weighted by atomic mass is 10.1. The fourth-order valence-electron chi connectivity index (χ4n) is 1.43. The quantitative estimate of drug-likeness (QED) is 0.520. The molecule has 0 radical (unpaired) electrons. The second kappa shape index (κ2) is 3.40. The highest BCUT2D eigenvalue weighted by Gasteiger charge is 2.08. The van der Waals surface area contributed by atoms with E-state index in [1.807, 2.05) is 25.3 Å². The van der Waals surface area contributed by atoms with E-state index in [2.05, 4.69) is 16.0 Å². The van der Waals surface area contributed by atoms with E-state index in [0.29, 0.717) is 5.69 Å². The zero-order valence-electron chi connectivity index (χ0n) is 7.91. The number of anilines is 2. The van der Waals surface area contributed by atoms with Gasteiger partial charge in [-0.1, -0.05) is 0 Å². The zero-order chi connectivity index (χ0) is 9.97. The molecule has 0 unspecified atom stereocenters. The Bertz CT molecular complexity index is 452. The van der Waals surface area contributed by atoms with Gasteiger partial charge in [-0.15, -0.1) is 5.73 Å². The topological polar surface area (TPSA) is 50.4 Å². The van der Waals surface area contributed by atoms with Gasteiger partial charge in [0.05, 0.1) is 17.1 Å². The molecule has 1 heterocycles. The SMILES string of the molecule is CNc1c(N)ccc2c1N=CC=C=C2. The summed E-state index contributed by atoms with van der Waals surface area (Å²) in [5, 5.41) is 3.05. The van der Waals surface area contributed by atoms with Crippen molar-refractivity contribution in [1.82, 2.24) is 0 Å². The molecule has 0 fully saturated rings. The van der Waals surface area contributed by atoms with Crippen LogP contribution in [-0.2, 0) is 0 Å². The Labute approximate surface area is 82.7 Å². The summed E-state index contributed by atoms with van der Waals surface area (Å²) in [7, 11) is 1.84. The van der Waals surface area contributed by atoms with Crippen LogP contribution in [0, 0.1) is 0 Å². The van der Waals surface area contributed by atoms with Crippen LogP contribution in [-0.4, -0.2) is 13.3 Å². The maximum absolute atomic E-state index is 5.83. The number of nitrogens with two attached hydrogens (primary N) is 1. The van der Waals surface area contributed by atoms with Crippen molar-refractivity contribution in [2.24, 2.45) is 4.99 Å². The van der Waals surface area contributed by atoms with Gasteiger partial charge >= 0.3 is 0 Å². The molecule has 0 amide bonds. The molecule has 0 bridgehead atoms. The van der Waals surface area contributed by atoms with Crippen LogP contribution < -0.4 is 11.1 Å². The fraction of sp³-hybridized carbons (Fsp3) is 0.0909. The largest absolute Gasteiger partial charge is 0.397 e. The number of aliphatic imine (C=N–C) groups is 1. The van der Waals surface area contributed by atoms with Gasteiger partial charge in [-0.2, -0.15) is 0 Å². The highest BCUT2D eigenvalue weighted by atomic mass is 14.9. The molecule has 0 atom stereocenters. The molecule has 0 spiro atoms. The molecule has 14 heavy (non-hydrogen) atoms. The van der Waals surface area contributed by atoms with Crippen LogP contribution in [0.1, 0.15) is 5.56 Å². The van der Waals surface area contributed by atoms with Gasteiger partial charge in [0.15, 0.2) is 0 Å². The van der Waals surface area contributed by atoms with Crippen LogP contribution in [0.15, 0.2) is 28.9 Å². The number of allylic oxidation sites excluding steroid dienone is 1. The maximum Gasteiger partial charge on any atom is 0.0960 e. The highest BCUT2D eigenvalue weighted by molar-refractivity contribution is 5.90. The van der Waals surface area contributed by atoms with Crippen molar-refractivity contribution in [1.29, 1.82) is 0 Å². The molecule has 3 heteroatoms. The summed E-state index contributed by atoms with van der Waals surface area (Å²) >= 11 is 0. The van der Waals surface area contributed by atoms with Crippen molar-refractivity contribution >= 4 is 29.4 Å². The molecule has 0 aromatic heterocycles. The van der Waals surface area contributed by atoms with Gasteiger partial charge in [0.25, 0.3) is 0 Å². The van der Waals surface area contributed by atoms with E-state index in [4.69, 9.17) is 5.73 Å². The molecule has 0 saturated carbocycles. The van der Waals surface area contributed by atoms with Crippen molar-refractivity contribution in [3.63, 3.8) is 0 Å². The Morgan fingerprint density at radius 2 is 2.29 bits per heavy atom. The van der Waals surface area contributed by atoms with E-state index in [0.717, 1.165) is 16.9 Å². The van der Waals surface area contributed by atoms with Gasteiger partial charge in [0, 0.05) is 18.8 Å². The Balaban J connectivity index is 2.70. The lowest BCUT2D eigenvalue weighted by Crippen LogP contribution is -1.96. The van der Waals surface area contributed by atoms with Crippen LogP contribution in [0.2, 0.25) is 0 Å². The summed E-state index contributed by atoms with van der Waals surface area (Å²) in [4.78, 5) is 4.30. The minimum Gasteiger partial charge on any atom is -0.397 e. The van der Waals surface area contributed by atoms with E-state index in [1.54, 1.807) is 12.3 Å². The lowest BCUT2D eigenvalue weighted by Gasteiger charge is -2.10. The van der Waals surface area contributed by atoms with Gasteiger partial charge in [-0.3, -0.25) is 4.99 Å². The number of benzene rings is 1. The number of rotatable bonds is 1. The van der Waals surface area contributed by atoms with Gasteiger partial charge in [0.2, 0.25) is 0 Å². The van der Waals surface area contributed by atoms with E-state index >= 15 is 0 Å². The van der Waals surface area contributed by atoms with Crippen molar-refractivity contribution in [3.8, 4) is 0 Å². The first-order valence-corrected chi connectivity index (χ1v) is 4.38. The van der Waals surface area contributed by atoms with E-state index in [9.17, 15) is 0 Å². The van der Waals surface area contributed by atoms with Gasteiger partial charge in [-0.25, -0.2) is 0 Å². The van der Waals surface area contributed by atoms with Crippen LogP contribution in [0.5, 0.6) is 0 Å². The highest BCUT2D eigenvalue weighted by Crippen LogP contribution is 2.35. The van der Waals surface area contributed by atoms with Crippen molar-refractivity contribution in [3.05, 3.63) is 29.5 Å². The minimum atomic E-state index is 0.707. The molecule has 2 rings (SSSR count). The Morgan fingerprint density at radius 3 is 3.07 bits per heavy atom. The predicted molar refractivity (Wildman–Crippen MR) is 61.1 cm³/mol. The number of nitrogen functional groups attached to an aromatic ring is 1. The third kappa shape index (κ3) is 1.30. The number of hydrogen-bond donors (Lipinski definition) is 2. The molecule has 1 aliphatic rings. The summed E-state index contributed by atoms with van der Waals surface area (Å²) in [6.45, 7) is 0. The Morgan fingerprint density at radius 1 is 1.43 bits per heavy atom. The molecule has 3 N–H and O–H groups in total. The van der Waals surface area contributed by atoms with Crippen LogP contribution >= 0.6 is 0 Å². The third-order valence-electron chi connectivity index (χ3n) is 2.10. The average molecular weight is 185 g/mol. The number of nitrogens with zero attached hydrogens (tertiary/aromatic N) is 1. The van der Waals surface area contributed by atoms with Crippen molar-refractivity contribution < 1.29 is 0 Å². The van der Waals surface area contributed by atoms with E-state index in [-0.39, 0.29) is 0 Å². The van der Waals surface area contributed by atoms with E-state index < -0.39 is 0 Å². The summed E-state index contributed by atoms with van der Waals surface area (Å²) in [5.41, 5.74) is 12.3. The molecular formula is C11H11N3. The van der Waals surface area contributed by atoms with Crippen LogP contribution in [0.25, 0.3) is 6.08 Å². The summed E-state index contributed by atoms with van der Waals surface area (Å²) in [6, 6.07) is 3.80. The minimum absolute atomic E-state index is 0.707. The molecule has 70 valence electrons. The zero-order valence-corrected chi connectivity index (χ0v) is 7.91. The second-order valence-corrected chi connectivity index (χ2v) is 2.97. The first-order chi connectivity index (χ1) is 6.83. The molecule has 0 saturated heterocycles. The summed E-state index contributed by atoms with van der Waals surface area (Å²) in [6.07, 6.45) is 5.38. The van der Waals surface area contributed by atoms with Crippen LogP contribution in [0.4, 0.5) is 17.1 Å². The van der Waals surface area contributed by atoms with Crippen molar-refractivity contribution in [2.75, 3.05) is 18.1 Å².